The van der Waals surface area contributed by atoms with Crippen molar-refractivity contribution in [3.8, 4) is 0 Å². The summed E-state index contributed by atoms with van der Waals surface area (Å²) in [7, 11) is -3.35. The van der Waals surface area contributed by atoms with Gasteiger partial charge in [-0.3, -0.25) is 4.79 Å². The van der Waals surface area contributed by atoms with E-state index in [0.717, 1.165) is 6.26 Å². The molecule has 0 radical (unpaired) electrons. The number of hydrogen-bond acceptors (Lipinski definition) is 4. The van der Waals surface area contributed by atoms with Crippen LogP contribution in [0.1, 0.15) is 26.7 Å². The van der Waals surface area contributed by atoms with Gasteiger partial charge < -0.3 is 9.84 Å². The number of nitrogens with zero attached hydrogens (tertiary/aromatic N) is 1. The molecule has 6 nitrogen and oxygen atoms in total. The maximum Gasteiger partial charge on any atom is 0.304 e. The average molecular weight is 267 g/mol. The Morgan fingerprint density at radius 3 is 2.35 bits per heavy atom. The Kier molecular flexibility index (Phi) is 7.33. The first-order valence-corrected chi connectivity index (χ1v) is 7.37. The van der Waals surface area contributed by atoms with Crippen LogP contribution in [0.2, 0.25) is 0 Å². The second-order valence-electron chi connectivity index (χ2n) is 4.08. The van der Waals surface area contributed by atoms with Crippen LogP contribution in [0.15, 0.2) is 0 Å². The monoisotopic (exact) mass is 267 g/mol. The molecular formula is C10H21NO5S. The van der Waals surface area contributed by atoms with Crippen molar-refractivity contribution in [2.24, 2.45) is 0 Å². The van der Waals surface area contributed by atoms with E-state index in [1.807, 2.05) is 13.8 Å². The molecule has 0 bridgehead atoms. The Morgan fingerprint density at radius 1 is 1.35 bits per heavy atom. The normalized spacial score (nSPS) is 12.3. The summed E-state index contributed by atoms with van der Waals surface area (Å²) in [5.41, 5.74) is 0. The summed E-state index contributed by atoms with van der Waals surface area (Å²) in [5, 5.41) is 8.53. The molecule has 7 heteroatoms. The zero-order valence-corrected chi connectivity index (χ0v) is 11.4. The topological polar surface area (TPSA) is 83.9 Å². The predicted octanol–water partition coefficient (Wildman–Crippen LogP) is 0.538. The summed E-state index contributed by atoms with van der Waals surface area (Å²) >= 11 is 0. The first-order valence-electron chi connectivity index (χ1n) is 5.52. The lowest BCUT2D eigenvalue weighted by Gasteiger charge is -2.19. The molecule has 0 aromatic heterocycles. The molecule has 0 spiro atoms. The highest BCUT2D eigenvalue weighted by molar-refractivity contribution is 7.88. The molecule has 0 rings (SSSR count). The molecule has 0 atom stereocenters. The summed E-state index contributed by atoms with van der Waals surface area (Å²) in [6.07, 6.45) is 1.57. The number of rotatable bonds is 9. The van der Waals surface area contributed by atoms with E-state index in [9.17, 15) is 13.2 Å². The third-order valence-corrected chi connectivity index (χ3v) is 3.35. The molecule has 0 unspecified atom stereocenters. The summed E-state index contributed by atoms with van der Waals surface area (Å²) in [6, 6.07) is 0. The summed E-state index contributed by atoms with van der Waals surface area (Å²) < 4.78 is 29.2. The van der Waals surface area contributed by atoms with Crippen LogP contribution in [0.5, 0.6) is 0 Å². The van der Waals surface area contributed by atoms with Crippen molar-refractivity contribution in [3.63, 3.8) is 0 Å². The lowest BCUT2D eigenvalue weighted by Crippen LogP contribution is -2.33. The highest BCUT2D eigenvalue weighted by atomic mass is 32.2. The van der Waals surface area contributed by atoms with E-state index >= 15 is 0 Å². The average Bonchev–Trinajstić information content (AvgIpc) is 2.13. The molecule has 0 fully saturated rings. The minimum atomic E-state index is -3.35. The van der Waals surface area contributed by atoms with Crippen molar-refractivity contribution in [2.75, 3.05) is 26.0 Å². The Bertz CT molecular complexity index is 326. The smallest absolute Gasteiger partial charge is 0.304 e. The van der Waals surface area contributed by atoms with E-state index in [1.165, 1.54) is 4.31 Å². The Morgan fingerprint density at radius 2 is 1.94 bits per heavy atom. The lowest BCUT2D eigenvalue weighted by molar-refractivity contribution is -0.137. The maximum absolute atomic E-state index is 11.4. The largest absolute Gasteiger partial charge is 0.481 e. The molecule has 17 heavy (non-hydrogen) atoms. The van der Waals surface area contributed by atoms with Crippen LogP contribution in [0.4, 0.5) is 0 Å². The minimum Gasteiger partial charge on any atom is -0.481 e. The zero-order chi connectivity index (χ0) is 13.5. The fourth-order valence-electron chi connectivity index (χ4n) is 1.22. The molecule has 0 aliphatic heterocycles. The van der Waals surface area contributed by atoms with Crippen LogP contribution in [0, 0.1) is 0 Å². The summed E-state index contributed by atoms with van der Waals surface area (Å²) in [6.45, 7) is 4.57. The van der Waals surface area contributed by atoms with Crippen LogP contribution in [-0.4, -0.2) is 55.9 Å². The molecule has 102 valence electrons. The maximum atomic E-state index is 11.4. The molecule has 0 amide bonds. The molecule has 0 aliphatic carbocycles. The SMILES string of the molecule is CC(C)OCCCN(CCC(=O)O)S(C)(=O)=O. The first kappa shape index (κ1) is 16.3. The van der Waals surface area contributed by atoms with Crippen molar-refractivity contribution in [3.05, 3.63) is 0 Å². The Balaban J connectivity index is 4.08. The standard InChI is InChI=1S/C10H21NO5S/c1-9(2)16-8-4-6-11(17(3,14)15)7-5-10(12)13/h9H,4-8H2,1-3H3,(H,12,13). The van der Waals surface area contributed by atoms with E-state index < -0.39 is 16.0 Å². The van der Waals surface area contributed by atoms with Crippen LogP contribution in [-0.2, 0) is 19.6 Å². The Labute approximate surface area is 103 Å². The molecule has 0 heterocycles. The van der Waals surface area contributed by atoms with Crippen molar-refractivity contribution in [1.82, 2.24) is 4.31 Å². The number of aliphatic carboxylic acids is 1. The number of ether oxygens (including phenoxy) is 1. The molecular weight excluding hydrogens is 246 g/mol. The van der Waals surface area contributed by atoms with Crippen LogP contribution in [0.25, 0.3) is 0 Å². The van der Waals surface area contributed by atoms with Gasteiger partial charge >= 0.3 is 5.97 Å². The number of carbonyl (C=O) groups is 1. The first-order chi connectivity index (χ1) is 7.73. The van der Waals surface area contributed by atoms with E-state index in [0.29, 0.717) is 19.6 Å². The van der Waals surface area contributed by atoms with Gasteiger partial charge in [0.25, 0.3) is 0 Å². The quantitative estimate of drug-likeness (QED) is 0.616. The van der Waals surface area contributed by atoms with Gasteiger partial charge in [0.2, 0.25) is 10.0 Å². The molecule has 0 aromatic carbocycles. The van der Waals surface area contributed by atoms with Crippen LogP contribution >= 0.6 is 0 Å². The second-order valence-corrected chi connectivity index (χ2v) is 6.06. The van der Waals surface area contributed by atoms with Crippen LogP contribution < -0.4 is 0 Å². The van der Waals surface area contributed by atoms with Gasteiger partial charge in [0.05, 0.1) is 18.8 Å². The van der Waals surface area contributed by atoms with Crippen molar-refractivity contribution >= 4 is 16.0 Å². The minimum absolute atomic E-state index is 0.00977. The van der Waals surface area contributed by atoms with Gasteiger partial charge in [-0.05, 0) is 20.3 Å². The second kappa shape index (κ2) is 7.62. The Hall–Kier alpha value is -0.660. The summed E-state index contributed by atoms with van der Waals surface area (Å²) in [5.74, 6) is -1.00. The van der Waals surface area contributed by atoms with Crippen molar-refractivity contribution in [2.45, 2.75) is 32.8 Å². The number of hydrogen-bond donors (Lipinski definition) is 1. The fourth-order valence-corrected chi connectivity index (χ4v) is 2.11. The van der Waals surface area contributed by atoms with Gasteiger partial charge in [0.1, 0.15) is 0 Å². The molecule has 0 saturated carbocycles. The van der Waals surface area contributed by atoms with Gasteiger partial charge in [-0.1, -0.05) is 0 Å². The van der Waals surface area contributed by atoms with E-state index in [-0.39, 0.29) is 19.1 Å². The highest BCUT2D eigenvalue weighted by Crippen LogP contribution is 2.02. The van der Waals surface area contributed by atoms with Crippen molar-refractivity contribution in [1.29, 1.82) is 0 Å². The molecule has 0 aromatic rings. The van der Waals surface area contributed by atoms with Crippen molar-refractivity contribution < 1.29 is 23.1 Å². The summed E-state index contributed by atoms with van der Waals surface area (Å²) in [4.78, 5) is 10.4. The van der Waals surface area contributed by atoms with Gasteiger partial charge in [0, 0.05) is 19.7 Å². The molecule has 0 saturated heterocycles. The zero-order valence-electron chi connectivity index (χ0n) is 10.5. The highest BCUT2D eigenvalue weighted by Gasteiger charge is 2.17. The van der Waals surface area contributed by atoms with Gasteiger partial charge in [0.15, 0.2) is 0 Å². The number of carboxylic acids is 1. The third kappa shape index (κ3) is 9.08. The predicted molar refractivity (Wildman–Crippen MR) is 64.4 cm³/mol. The van der Waals surface area contributed by atoms with Gasteiger partial charge in [-0.15, -0.1) is 0 Å². The molecule has 0 aliphatic rings. The van der Waals surface area contributed by atoms with E-state index in [1.54, 1.807) is 0 Å². The van der Waals surface area contributed by atoms with E-state index in [2.05, 4.69) is 0 Å². The molecule has 1 N–H and O–H groups in total. The van der Waals surface area contributed by atoms with Crippen LogP contribution in [0.3, 0.4) is 0 Å². The lowest BCUT2D eigenvalue weighted by atomic mass is 10.4. The fraction of sp³-hybridized carbons (Fsp3) is 0.900. The number of sulfonamides is 1. The van der Waals surface area contributed by atoms with Gasteiger partial charge in [-0.25, -0.2) is 12.7 Å². The van der Waals surface area contributed by atoms with E-state index in [4.69, 9.17) is 9.84 Å². The number of carboxylic acid groups (broad SMARTS) is 1. The van der Waals surface area contributed by atoms with Gasteiger partial charge in [-0.2, -0.15) is 0 Å². The third-order valence-electron chi connectivity index (χ3n) is 2.05.